The molecule has 0 unspecified atom stereocenters. The topological polar surface area (TPSA) is 80.4 Å². The van der Waals surface area contributed by atoms with E-state index in [1.54, 1.807) is 36.4 Å². The number of hydrogen-bond donors (Lipinski definition) is 1. The van der Waals surface area contributed by atoms with Crippen LogP contribution in [0.3, 0.4) is 0 Å². The first-order chi connectivity index (χ1) is 12.3. The summed E-state index contributed by atoms with van der Waals surface area (Å²) < 4.78 is 0. The number of hydrogen-bond acceptors (Lipinski definition) is 4. The second-order valence-corrected chi connectivity index (χ2v) is 6.75. The van der Waals surface area contributed by atoms with E-state index in [1.165, 1.54) is 13.8 Å². The fourth-order valence-corrected chi connectivity index (χ4v) is 2.88. The summed E-state index contributed by atoms with van der Waals surface area (Å²) in [6, 6.07) is 18.3. The normalized spacial score (nSPS) is 14.1. The summed E-state index contributed by atoms with van der Waals surface area (Å²) in [6.45, 7) is 2.43. The fraction of sp³-hybridized carbons (Fsp3) is 0.286. The van der Waals surface area contributed by atoms with E-state index < -0.39 is 34.7 Å². The fourth-order valence-electron chi connectivity index (χ4n) is 2.88. The minimum absolute atomic E-state index is 0.393. The number of Topliss-reactive ketones (excluding diaryl/α,β-unsaturated/α-hetero) is 1. The molecule has 0 spiro atoms. The molecule has 26 heavy (non-hydrogen) atoms. The third-order valence-corrected chi connectivity index (χ3v) is 4.21. The van der Waals surface area contributed by atoms with Crippen LogP contribution in [-0.2, 0) is 4.79 Å². The summed E-state index contributed by atoms with van der Waals surface area (Å²) in [7, 11) is 0. The van der Waals surface area contributed by atoms with E-state index >= 15 is 0 Å². The van der Waals surface area contributed by atoms with E-state index in [0.29, 0.717) is 5.56 Å². The van der Waals surface area contributed by atoms with E-state index in [4.69, 9.17) is 0 Å². The van der Waals surface area contributed by atoms with Crippen LogP contribution in [0.15, 0.2) is 66.7 Å². The zero-order chi connectivity index (χ0) is 19.2. The van der Waals surface area contributed by atoms with Gasteiger partial charge in [-0.25, -0.2) is 0 Å². The van der Waals surface area contributed by atoms with Crippen molar-refractivity contribution in [3.05, 3.63) is 88.0 Å². The monoisotopic (exact) mass is 353 g/mol. The largest absolute Gasteiger partial charge is 0.383 e. The van der Waals surface area contributed by atoms with Gasteiger partial charge in [-0.2, -0.15) is 0 Å². The van der Waals surface area contributed by atoms with Crippen molar-refractivity contribution in [1.82, 2.24) is 0 Å². The van der Waals surface area contributed by atoms with Gasteiger partial charge in [0.25, 0.3) is 0 Å². The van der Waals surface area contributed by atoms with Gasteiger partial charge in [0.15, 0.2) is 5.78 Å². The Morgan fingerprint density at radius 3 is 2.15 bits per heavy atom. The predicted molar refractivity (Wildman–Crippen MR) is 101 cm³/mol. The molecule has 0 aliphatic heterocycles. The van der Waals surface area contributed by atoms with E-state index in [-0.39, 0.29) is 0 Å². The van der Waals surface area contributed by atoms with Crippen molar-refractivity contribution >= 4 is 11.9 Å². The first-order valence-electron chi connectivity index (χ1n) is 8.45. The molecule has 0 saturated carbocycles. The molecule has 2 aromatic carbocycles. The third-order valence-electron chi connectivity index (χ3n) is 4.21. The van der Waals surface area contributed by atoms with Crippen molar-refractivity contribution < 1.29 is 14.8 Å². The van der Waals surface area contributed by atoms with Gasteiger partial charge in [-0.15, -0.1) is 0 Å². The second-order valence-electron chi connectivity index (χ2n) is 6.75. The van der Waals surface area contributed by atoms with Gasteiger partial charge in [0.05, 0.1) is 11.8 Å². The predicted octanol–water partition coefficient (Wildman–Crippen LogP) is 3.72. The standard InChI is InChI=1S/C21H23NO4/c1-21(2,24)20(23)18(14-13-16-9-5-3-6-10-16)19(15-22(25)26)17-11-7-4-8-12-17/h3-14,18-19,24H,15H2,1-2H3/b14-13+/t18-,19+/m0/s1. The molecule has 0 aromatic heterocycles. The molecule has 0 saturated heterocycles. The average Bonchev–Trinajstić information content (AvgIpc) is 2.61. The number of nitrogens with zero attached hydrogens (tertiary/aromatic N) is 1. The molecule has 2 rings (SSSR count). The van der Waals surface area contributed by atoms with Gasteiger partial charge in [-0.05, 0) is 25.0 Å². The smallest absolute Gasteiger partial charge is 0.211 e. The highest BCUT2D eigenvalue weighted by Gasteiger charge is 2.38. The Hall–Kier alpha value is -2.79. The molecule has 1 N–H and O–H groups in total. The molecular weight excluding hydrogens is 330 g/mol. The van der Waals surface area contributed by atoms with Gasteiger partial charge in [-0.3, -0.25) is 14.9 Å². The Bertz CT molecular complexity index is 764. The highest BCUT2D eigenvalue weighted by atomic mass is 16.6. The molecule has 2 atom stereocenters. The van der Waals surface area contributed by atoms with Crippen LogP contribution in [0, 0.1) is 16.0 Å². The zero-order valence-electron chi connectivity index (χ0n) is 14.9. The van der Waals surface area contributed by atoms with Crippen LogP contribution < -0.4 is 0 Å². The first kappa shape index (κ1) is 19.5. The molecule has 0 radical (unpaired) electrons. The first-order valence-corrected chi connectivity index (χ1v) is 8.45. The molecule has 0 bridgehead atoms. The van der Waals surface area contributed by atoms with Gasteiger partial charge in [0.1, 0.15) is 5.60 Å². The zero-order valence-corrected chi connectivity index (χ0v) is 14.9. The number of ketones is 1. The molecule has 0 aliphatic rings. The van der Waals surface area contributed by atoms with E-state index in [1.807, 2.05) is 36.4 Å². The van der Waals surface area contributed by atoms with Gasteiger partial charge in [0, 0.05) is 4.92 Å². The number of nitro groups is 1. The Morgan fingerprint density at radius 2 is 1.65 bits per heavy atom. The van der Waals surface area contributed by atoms with Crippen LogP contribution in [-0.4, -0.2) is 28.0 Å². The number of carbonyl (C=O) groups is 1. The maximum Gasteiger partial charge on any atom is 0.211 e. The molecule has 0 aliphatic carbocycles. The van der Waals surface area contributed by atoms with E-state index in [0.717, 1.165) is 5.56 Å². The van der Waals surface area contributed by atoms with Gasteiger partial charge in [0.2, 0.25) is 6.54 Å². The summed E-state index contributed by atoms with van der Waals surface area (Å²) in [5, 5.41) is 21.5. The number of allylic oxidation sites excluding steroid dienone is 1. The SMILES string of the molecule is CC(C)(O)C(=O)[C@@H](/C=C/c1ccccc1)[C@H](C[N+](=O)[O-])c1ccccc1. The number of rotatable bonds is 8. The number of carbonyl (C=O) groups excluding carboxylic acids is 1. The number of aliphatic hydroxyl groups is 1. The Labute approximate surface area is 153 Å². The van der Waals surface area contributed by atoms with Crippen molar-refractivity contribution in [1.29, 1.82) is 0 Å². The molecule has 136 valence electrons. The highest BCUT2D eigenvalue weighted by Crippen LogP contribution is 2.31. The van der Waals surface area contributed by atoms with E-state index in [9.17, 15) is 20.0 Å². The van der Waals surface area contributed by atoms with Crippen LogP contribution in [0.25, 0.3) is 6.08 Å². The summed E-state index contributed by atoms with van der Waals surface area (Å²) in [6.07, 6.45) is 3.43. The average molecular weight is 353 g/mol. The molecule has 0 heterocycles. The molecule has 0 amide bonds. The van der Waals surface area contributed by atoms with Crippen LogP contribution in [0.4, 0.5) is 0 Å². The quantitative estimate of drug-likeness (QED) is 0.579. The molecule has 5 nitrogen and oxygen atoms in total. The molecular formula is C21H23NO4. The van der Waals surface area contributed by atoms with Crippen molar-refractivity contribution in [2.24, 2.45) is 5.92 Å². The second kappa shape index (κ2) is 8.54. The third kappa shape index (κ3) is 5.36. The molecule has 2 aromatic rings. The van der Waals surface area contributed by atoms with Crippen molar-refractivity contribution in [3.8, 4) is 0 Å². The molecule has 5 heteroatoms. The van der Waals surface area contributed by atoms with Gasteiger partial charge < -0.3 is 5.11 Å². The lowest BCUT2D eigenvalue weighted by atomic mass is 9.78. The van der Waals surface area contributed by atoms with Crippen LogP contribution in [0.1, 0.15) is 30.9 Å². The maximum atomic E-state index is 12.9. The van der Waals surface area contributed by atoms with Crippen molar-refractivity contribution in [2.75, 3.05) is 6.54 Å². The van der Waals surface area contributed by atoms with Crippen LogP contribution in [0.2, 0.25) is 0 Å². The number of benzene rings is 2. The summed E-state index contributed by atoms with van der Waals surface area (Å²) >= 11 is 0. The van der Waals surface area contributed by atoms with Gasteiger partial charge in [-0.1, -0.05) is 72.8 Å². The Morgan fingerprint density at radius 1 is 1.12 bits per heavy atom. The molecule has 0 fully saturated rings. The maximum absolute atomic E-state index is 12.9. The minimum atomic E-state index is -1.59. The minimum Gasteiger partial charge on any atom is -0.383 e. The Kier molecular flexibility index (Phi) is 6.41. The summed E-state index contributed by atoms with van der Waals surface area (Å²) in [4.78, 5) is 23.7. The lowest BCUT2D eigenvalue weighted by molar-refractivity contribution is -0.484. The Balaban J connectivity index is 2.46. The highest BCUT2D eigenvalue weighted by molar-refractivity contribution is 5.91. The van der Waals surface area contributed by atoms with Crippen molar-refractivity contribution in [2.45, 2.75) is 25.4 Å². The van der Waals surface area contributed by atoms with Crippen LogP contribution >= 0.6 is 0 Å². The lowest BCUT2D eigenvalue weighted by Gasteiger charge is -2.26. The lowest BCUT2D eigenvalue weighted by Crippen LogP contribution is -2.40. The van der Waals surface area contributed by atoms with Crippen molar-refractivity contribution in [3.63, 3.8) is 0 Å². The van der Waals surface area contributed by atoms with E-state index in [2.05, 4.69) is 0 Å². The van der Waals surface area contributed by atoms with Crippen LogP contribution in [0.5, 0.6) is 0 Å². The summed E-state index contributed by atoms with van der Waals surface area (Å²) in [5.74, 6) is -1.92. The summed E-state index contributed by atoms with van der Waals surface area (Å²) in [5.41, 5.74) is -0.00605. The van der Waals surface area contributed by atoms with Gasteiger partial charge >= 0.3 is 0 Å².